The van der Waals surface area contributed by atoms with E-state index in [9.17, 15) is 39.6 Å². The Labute approximate surface area is 145 Å². The molecule has 5 nitrogen and oxygen atoms in total. The highest BCUT2D eigenvalue weighted by Gasteiger charge is 2.73. The van der Waals surface area contributed by atoms with Gasteiger partial charge in [-0.25, -0.2) is 0 Å². The number of amides is 1. The lowest BCUT2D eigenvalue weighted by Gasteiger charge is -2.36. The highest BCUT2D eigenvalue weighted by Crippen LogP contribution is 2.44. The SMILES string of the molecule is O=C(NC(CS(=O)(=O)O)(C(F)(F)F)C(F)(F)F)c1ccc(I)cc1. The molecule has 0 spiro atoms. The van der Waals surface area contributed by atoms with Gasteiger partial charge in [-0.15, -0.1) is 0 Å². The lowest BCUT2D eigenvalue weighted by Crippen LogP contribution is -2.70. The summed E-state index contributed by atoms with van der Waals surface area (Å²) in [5.74, 6) is -4.60. The molecule has 13 heteroatoms. The maximum atomic E-state index is 13.0. The molecule has 0 aliphatic heterocycles. The Kier molecular flexibility index (Phi) is 5.82. The minimum Gasteiger partial charge on any atom is -0.330 e. The number of halogens is 7. The van der Waals surface area contributed by atoms with Gasteiger partial charge in [-0.05, 0) is 46.9 Å². The fourth-order valence-electron chi connectivity index (χ4n) is 1.64. The van der Waals surface area contributed by atoms with E-state index in [2.05, 4.69) is 0 Å². The maximum absolute atomic E-state index is 13.0. The molecule has 0 aliphatic carbocycles. The first kappa shape index (κ1) is 21.0. The largest absolute Gasteiger partial charge is 0.421 e. The Morgan fingerprint density at radius 2 is 1.46 bits per heavy atom. The van der Waals surface area contributed by atoms with Gasteiger partial charge in [-0.1, -0.05) is 0 Å². The van der Waals surface area contributed by atoms with E-state index in [0.717, 1.165) is 12.1 Å². The summed E-state index contributed by atoms with van der Waals surface area (Å²) < 4.78 is 109. The van der Waals surface area contributed by atoms with E-state index in [1.807, 2.05) is 0 Å². The molecule has 0 aliphatic rings. The van der Waals surface area contributed by atoms with Crippen molar-refractivity contribution < 1.29 is 44.1 Å². The average Bonchev–Trinajstić information content (AvgIpc) is 2.34. The third-order valence-corrected chi connectivity index (χ3v) is 4.32. The lowest BCUT2D eigenvalue weighted by molar-refractivity contribution is -0.296. The van der Waals surface area contributed by atoms with E-state index in [1.165, 1.54) is 12.1 Å². The molecule has 0 unspecified atom stereocenters. The molecule has 1 rings (SSSR count). The summed E-state index contributed by atoms with van der Waals surface area (Å²) in [6.07, 6.45) is -12.5. The fraction of sp³-hybridized carbons (Fsp3) is 0.364. The molecule has 0 heterocycles. The van der Waals surface area contributed by atoms with Gasteiger partial charge in [0.05, 0.1) is 0 Å². The van der Waals surface area contributed by atoms with Gasteiger partial charge in [0.15, 0.2) is 0 Å². The number of benzene rings is 1. The number of nitrogens with one attached hydrogen (secondary N) is 1. The van der Waals surface area contributed by atoms with E-state index in [-0.39, 0.29) is 0 Å². The highest BCUT2D eigenvalue weighted by molar-refractivity contribution is 14.1. The van der Waals surface area contributed by atoms with Gasteiger partial charge in [-0.2, -0.15) is 34.8 Å². The van der Waals surface area contributed by atoms with Crippen LogP contribution in [0.25, 0.3) is 0 Å². The van der Waals surface area contributed by atoms with Crippen LogP contribution in [0.4, 0.5) is 26.3 Å². The Morgan fingerprint density at radius 3 is 1.79 bits per heavy atom. The monoisotopic (exact) mass is 491 g/mol. The van der Waals surface area contributed by atoms with Crippen molar-refractivity contribution in [2.45, 2.75) is 17.9 Å². The van der Waals surface area contributed by atoms with Crippen molar-refractivity contribution in [1.29, 1.82) is 0 Å². The molecule has 1 amide bonds. The topological polar surface area (TPSA) is 83.5 Å². The summed E-state index contributed by atoms with van der Waals surface area (Å²) in [5, 5.41) is 0.672. The van der Waals surface area contributed by atoms with Crippen molar-refractivity contribution in [3.05, 3.63) is 33.4 Å². The van der Waals surface area contributed by atoms with Crippen LogP contribution in [-0.4, -0.2) is 42.5 Å². The molecular weight excluding hydrogens is 483 g/mol. The van der Waals surface area contributed by atoms with Crippen LogP contribution in [0, 0.1) is 3.57 Å². The number of hydrogen-bond acceptors (Lipinski definition) is 3. The molecule has 1 aromatic carbocycles. The Hall–Kier alpha value is -1.09. The first-order chi connectivity index (χ1) is 10.6. The van der Waals surface area contributed by atoms with Gasteiger partial charge in [-0.3, -0.25) is 9.35 Å². The van der Waals surface area contributed by atoms with Crippen LogP contribution in [0.15, 0.2) is 24.3 Å². The maximum Gasteiger partial charge on any atom is 0.421 e. The van der Waals surface area contributed by atoms with Gasteiger partial charge in [0.2, 0.25) is 5.54 Å². The molecule has 0 bridgehead atoms. The van der Waals surface area contributed by atoms with E-state index in [0.29, 0.717) is 8.89 Å². The Bertz CT molecular complexity index is 700. The molecular formula is C11H8F6INO4S. The second kappa shape index (κ2) is 6.67. The summed E-state index contributed by atoms with van der Waals surface area (Å²) >= 11 is 1.79. The van der Waals surface area contributed by atoms with Crippen molar-refractivity contribution in [2.75, 3.05) is 5.75 Å². The predicted octanol–water partition coefficient (Wildman–Crippen LogP) is 2.77. The zero-order chi connectivity index (χ0) is 19.0. The molecule has 0 aromatic heterocycles. The van der Waals surface area contributed by atoms with Crippen LogP contribution >= 0.6 is 22.6 Å². The minimum absolute atomic E-state index is 0.552. The van der Waals surface area contributed by atoms with Gasteiger partial charge < -0.3 is 5.32 Å². The molecule has 24 heavy (non-hydrogen) atoms. The molecule has 0 radical (unpaired) electrons. The predicted molar refractivity (Wildman–Crippen MR) is 77.9 cm³/mol. The van der Waals surface area contributed by atoms with Crippen LogP contribution in [0.3, 0.4) is 0 Å². The smallest absolute Gasteiger partial charge is 0.330 e. The number of carbonyl (C=O) groups excluding carboxylic acids is 1. The summed E-state index contributed by atoms with van der Waals surface area (Å²) in [6, 6.07) is 4.42. The van der Waals surface area contributed by atoms with Gasteiger partial charge >= 0.3 is 12.4 Å². The molecule has 0 saturated heterocycles. The van der Waals surface area contributed by atoms with E-state index < -0.39 is 45.2 Å². The first-order valence-corrected chi connectivity index (χ1v) is 8.44. The quantitative estimate of drug-likeness (QED) is 0.386. The number of carbonyl (C=O) groups is 1. The van der Waals surface area contributed by atoms with Crippen molar-refractivity contribution in [3.8, 4) is 0 Å². The minimum atomic E-state index is -6.24. The Morgan fingerprint density at radius 1 is 1.04 bits per heavy atom. The average molecular weight is 491 g/mol. The summed E-state index contributed by atoms with van der Waals surface area (Å²) in [6.45, 7) is 0. The van der Waals surface area contributed by atoms with Crippen LogP contribution in [0.5, 0.6) is 0 Å². The number of rotatable bonds is 4. The van der Waals surface area contributed by atoms with E-state index in [1.54, 1.807) is 22.6 Å². The lowest BCUT2D eigenvalue weighted by atomic mass is 9.99. The van der Waals surface area contributed by atoms with Crippen LogP contribution in [0.2, 0.25) is 0 Å². The normalized spacial score (nSPS) is 13.7. The van der Waals surface area contributed by atoms with Crippen LogP contribution in [-0.2, 0) is 10.1 Å². The van der Waals surface area contributed by atoms with Crippen molar-refractivity contribution >= 4 is 38.6 Å². The summed E-state index contributed by atoms with van der Waals surface area (Å²) in [7, 11) is -5.74. The zero-order valence-electron chi connectivity index (χ0n) is 11.2. The van der Waals surface area contributed by atoms with Gasteiger partial charge in [0, 0.05) is 9.13 Å². The van der Waals surface area contributed by atoms with Crippen molar-refractivity contribution in [2.24, 2.45) is 0 Å². The molecule has 0 atom stereocenters. The van der Waals surface area contributed by atoms with Crippen LogP contribution in [0.1, 0.15) is 10.4 Å². The molecule has 0 fully saturated rings. The standard InChI is InChI=1S/C11H8F6INO4S/c12-10(13,14)9(11(15,16)17,5-24(21,22)23)19-8(20)6-1-3-7(18)4-2-6/h1-4H,5H2,(H,19,20)(H,21,22,23). The summed E-state index contributed by atoms with van der Waals surface area (Å²) in [4.78, 5) is 11.8. The van der Waals surface area contributed by atoms with E-state index >= 15 is 0 Å². The fourth-order valence-corrected chi connectivity index (χ4v) is 2.95. The van der Waals surface area contributed by atoms with Crippen LogP contribution < -0.4 is 5.32 Å². The van der Waals surface area contributed by atoms with Crippen molar-refractivity contribution in [1.82, 2.24) is 5.32 Å². The third-order valence-electron chi connectivity index (χ3n) is 2.80. The first-order valence-electron chi connectivity index (χ1n) is 5.76. The van der Waals surface area contributed by atoms with Gasteiger partial charge in [0.1, 0.15) is 5.75 Å². The third kappa shape index (κ3) is 4.72. The second-order valence-electron chi connectivity index (χ2n) is 4.59. The van der Waals surface area contributed by atoms with E-state index in [4.69, 9.17) is 4.55 Å². The molecule has 0 saturated carbocycles. The zero-order valence-corrected chi connectivity index (χ0v) is 14.2. The highest BCUT2D eigenvalue weighted by atomic mass is 127. The summed E-state index contributed by atoms with van der Waals surface area (Å²) in [5.41, 5.74) is -5.71. The van der Waals surface area contributed by atoms with Crippen molar-refractivity contribution in [3.63, 3.8) is 0 Å². The number of hydrogen-bond donors (Lipinski definition) is 2. The Balaban J connectivity index is 3.42. The molecule has 2 N–H and O–H groups in total. The molecule has 1 aromatic rings. The molecule has 136 valence electrons. The number of alkyl halides is 6. The second-order valence-corrected chi connectivity index (χ2v) is 7.29. The van der Waals surface area contributed by atoms with Gasteiger partial charge in [0.25, 0.3) is 16.0 Å².